The van der Waals surface area contributed by atoms with Crippen molar-refractivity contribution in [1.82, 2.24) is 9.97 Å². The molecule has 1 N–H and O–H groups in total. The van der Waals surface area contributed by atoms with Gasteiger partial charge in [-0.3, -0.25) is 0 Å². The number of rotatable bonds is 4. The Hall–Kier alpha value is -0.770. The maximum Gasteiger partial charge on any atom is 0.130 e. The fraction of sp³-hybridized carbons (Fsp3) is 0.600. The molecule has 0 atom stereocenters. The van der Waals surface area contributed by atoms with Gasteiger partial charge in [0.25, 0.3) is 0 Å². The minimum atomic E-state index is 0.554. The number of nitrogens with one attached hydrogen (secondary N) is 1. The molecule has 3 nitrogen and oxygen atoms in total. The highest BCUT2D eigenvalue weighted by Gasteiger charge is 2.03. The van der Waals surface area contributed by atoms with Crippen LogP contribution in [-0.4, -0.2) is 21.8 Å². The summed E-state index contributed by atoms with van der Waals surface area (Å²) in [5.74, 6) is 1.75. The van der Waals surface area contributed by atoms with E-state index in [1.54, 1.807) is 11.8 Å². The number of aryl methyl sites for hydroxylation is 1. The van der Waals surface area contributed by atoms with Crippen LogP contribution in [-0.2, 0) is 0 Å². The molecule has 0 aliphatic carbocycles. The van der Waals surface area contributed by atoms with Gasteiger partial charge >= 0.3 is 0 Å². The molecule has 0 unspecified atom stereocenters. The molecule has 0 aromatic carbocycles. The third kappa shape index (κ3) is 3.54. The lowest BCUT2D eigenvalue weighted by molar-refractivity contribution is 0.954. The molecule has 1 heterocycles. The lowest BCUT2D eigenvalue weighted by Gasteiger charge is -2.07. The van der Waals surface area contributed by atoms with Crippen molar-refractivity contribution < 1.29 is 0 Å². The van der Waals surface area contributed by atoms with Crippen LogP contribution in [0.2, 0.25) is 0 Å². The van der Waals surface area contributed by atoms with Gasteiger partial charge < -0.3 is 5.32 Å². The van der Waals surface area contributed by atoms with E-state index < -0.39 is 0 Å². The lowest BCUT2D eigenvalue weighted by Crippen LogP contribution is -2.02. The zero-order valence-electron chi connectivity index (χ0n) is 9.16. The molecular formula is C10H17N3S. The van der Waals surface area contributed by atoms with Crippen molar-refractivity contribution in [3.63, 3.8) is 0 Å². The van der Waals surface area contributed by atoms with Crippen molar-refractivity contribution in [2.24, 2.45) is 0 Å². The molecule has 0 spiro atoms. The fourth-order valence-electron chi connectivity index (χ4n) is 1.11. The molecule has 0 bridgehead atoms. The molecule has 0 radical (unpaired) electrons. The van der Waals surface area contributed by atoms with Gasteiger partial charge in [0.05, 0.1) is 0 Å². The minimum Gasteiger partial charge on any atom is -0.370 e. The van der Waals surface area contributed by atoms with Crippen LogP contribution in [0.5, 0.6) is 0 Å². The van der Waals surface area contributed by atoms with Gasteiger partial charge in [-0.2, -0.15) is 0 Å². The predicted molar refractivity (Wildman–Crippen MR) is 61.9 cm³/mol. The Labute approximate surface area is 89.7 Å². The lowest BCUT2D eigenvalue weighted by atomic mass is 10.5. The zero-order valence-corrected chi connectivity index (χ0v) is 9.98. The van der Waals surface area contributed by atoms with Gasteiger partial charge in [-0.25, -0.2) is 9.97 Å². The second-order valence-corrected chi connectivity index (χ2v) is 4.93. The Balaban J connectivity index is 2.83. The SMILES string of the molecule is CCNc1cc(SC(C)C)nc(C)n1. The van der Waals surface area contributed by atoms with Crippen LogP contribution < -0.4 is 5.32 Å². The maximum atomic E-state index is 4.37. The second-order valence-electron chi connectivity index (χ2n) is 3.34. The van der Waals surface area contributed by atoms with Gasteiger partial charge in [0.15, 0.2) is 0 Å². The summed E-state index contributed by atoms with van der Waals surface area (Å²) in [7, 11) is 0. The summed E-state index contributed by atoms with van der Waals surface area (Å²) in [6.07, 6.45) is 0. The molecule has 0 amide bonds. The molecule has 4 heteroatoms. The second kappa shape index (κ2) is 5.20. The molecule has 0 aliphatic heterocycles. The van der Waals surface area contributed by atoms with E-state index in [1.807, 2.05) is 13.0 Å². The average molecular weight is 211 g/mol. The first-order valence-corrected chi connectivity index (χ1v) is 5.76. The summed E-state index contributed by atoms with van der Waals surface area (Å²) in [5.41, 5.74) is 0. The molecule has 0 saturated heterocycles. The van der Waals surface area contributed by atoms with E-state index in [2.05, 4.69) is 36.1 Å². The zero-order chi connectivity index (χ0) is 10.6. The van der Waals surface area contributed by atoms with Crippen LogP contribution in [0, 0.1) is 6.92 Å². The summed E-state index contributed by atoms with van der Waals surface area (Å²) in [4.78, 5) is 8.66. The van der Waals surface area contributed by atoms with Gasteiger partial charge in [0.2, 0.25) is 0 Å². The summed E-state index contributed by atoms with van der Waals surface area (Å²) in [6, 6.07) is 2.00. The monoisotopic (exact) mass is 211 g/mol. The highest BCUT2D eigenvalue weighted by atomic mass is 32.2. The first-order chi connectivity index (χ1) is 6.61. The van der Waals surface area contributed by atoms with E-state index in [4.69, 9.17) is 0 Å². The van der Waals surface area contributed by atoms with Crippen molar-refractivity contribution >= 4 is 17.6 Å². The van der Waals surface area contributed by atoms with E-state index in [9.17, 15) is 0 Å². The molecule has 78 valence electrons. The van der Waals surface area contributed by atoms with Crippen LogP contribution in [0.4, 0.5) is 5.82 Å². The molecule has 0 aliphatic rings. The van der Waals surface area contributed by atoms with Crippen LogP contribution in [0.1, 0.15) is 26.6 Å². The first-order valence-electron chi connectivity index (χ1n) is 4.88. The molecule has 0 fully saturated rings. The fourth-order valence-corrected chi connectivity index (χ4v) is 1.96. The van der Waals surface area contributed by atoms with Crippen molar-refractivity contribution in [3.05, 3.63) is 11.9 Å². The van der Waals surface area contributed by atoms with Crippen molar-refractivity contribution in [3.8, 4) is 0 Å². The highest BCUT2D eigenvalue weighted by Crippen LogP contribution is 2.22. The van der Waals surface area contributed by atoms with Crippen LogP contribution >= 0.6 is 11.8 Å². The average Bonchev–Trinajstić information content (AvgIpc) is 2.01. The van der Waals surface area contributed by atoms with Crippen molar-refractivity contribution in [2.45, 2.75) is 38.0 Å². The summed E-state index contributed by atoms with van der Waals surface area (Å²) < 4.78 is 0. The van der Waals surface area contributed by atoms with Crippen LogP contribution in [0.3, 0.4) is 0 Å². The molecule has 1 aromatic rings. The highest BCUT2D eigenvalue weighted by molar-refractivity contribution is 7.99. The molecule has 1 aromatic heterocycles. The summed E-state index contributed by atoms with van der Waals surface area (Å²) in [6.45, 7) is 9.20. The van der Waals surface area contributed by atoms with Gasteiger partial charge in [-0.05, 0) is 13.8 Å². The summed E-state index contributed by atoms with van der Waals surface area (Å²) >= 11 is 1.76. The van der Waals surface area contributed by atoms with E-state index in [1.165, 1.54) is 0 Å². The van der Waals surface area contributed by atoms with Crippen molar-refractivity contribution in [2.75, 3.05) is 11.9 Å². The molecule has 1 rings (SSSR count). The third-order valence-corrected chi connectivity index (χ3v) is 2.45. The first kappa shape index (κ1) is 11.3. The Morgan fingerprint density at radius 3 is 2.71 bits per heavy atom. The normalized spacial score (nSPS) is 10.6. The number of hydrogen-bond acceptors (Lipinski definition) is 4. The van der Waals surface area contributed by atoms with Gasteiger partial charge in [-0.15, -0.1) is 11.8 Å². The summed E-state index contributed by atoms with van der Waals surface area (Å²) in [5, 5.41) is 4.80. The van der Waals surface area contributed by atoms with E-state index >= 15 is 0 Å². The number of aromatic nitrogens is 2. The maximum absolute atomic E-state index is 4.37. The Morgan fingerprint density at radius 1 is 1.43 bits per heavy atom. The Kier molecular flexibility index (Phi) is 4.20. The van der Waals surface area contributed by atoms with Gasteiger partial charge in [-0.1, -0.05) is 13.8 Å². The molecule has 14 heavy (non-hydrogen) atoms. The molecule has 0 saturated carbocycles. The predicted octanol–water partition coefficient (Wildman–Crippen LogP) is 2.72. The van der Waals surface area contributed by atoms with Gasteiger partial charge in [0, 0.05) is 17.9 Å². The topological polar surface area (TPSA) is 37.8 Å². The standard InChI is InChI=1S/C10H17N3S/c1-5-11-9-6-10(14-7(2)3)13-8(4)12-9/h6-7H,5H2,1-4H3,(H,11,12,13). The minimum absolute atomic E-state index is 0.554. The number of nitrogens with zero attached hydrogens (tertiary/aromatic N) is 2. The Bertz CT molecular complexity index is 299. The van der Waals surface area contributed by atoms with Gasteiger partial charge in [0.1, 0.15) is 16.7 Å². The third-order valence-electron chi connectivity index (χ3n) is 1.53. The number of thioether (sulfide) groups is 1. The van der Waals surface area contributed by atoms with Crippen LogP contribution in [0.25, 0.3) is 0 Å². The Morgan fingerprint density at radius 2 is 2.14 bits per heavy atom. The van der Waals surface area contributed by atoms with E-state index in [-0.39, 0.29) is 0 Å². The van der Waals surface area contributed by atoms with E-state index in [0.29, 0.717) is 5.25 Å². The van der Waals surface area contributed by atoms with Crippen molar-refractivity contribution in [1.29, 1.82) is 0 Å². The smallest absolute Gasteiger partial charge is 0.130 e. The molecular weight excluding hydrogens is 194 g/mol. The van der Waals surface area contributed by atoms with E-state index in [0.717, 1.165) is 23.2 Å². The number of hydrogen-bond donors (Lipinski definition) is 1. The van der Waals surface area contributed by atoms with Crippen LogP contribution in [0.15, 0.2) is 11.1 Å². The largest absolute Gasteiger partial charge is 0.370 e. The quantitative estimate of drug-likeness (QED) is 0.614. The number of anilines is 1.